The third-order valence-electron chi connectivity index (χ3n) is 2.00. The Hall–Kier alpha value is -0.790. The van der Waals surface area contributed by atoms with E-state index in [0.717, 1.165) is 6.42 Å². The lowest BCUT2D eigenvalue weighted by Crippen LogP contribution is -2.07. The molecule has 2 atom stereocenters. The molecule has 0 spiro atoms. The summed E-state index contributed by atoms with van der Waals surface area (Å²) in [4.78, 5) is 10.8. The van der Waals surface area contributed by atoms with Crippen LogP contribution in [0.3, 0.4) is 0 Å². The fourth-order valence-corrected chi connectivity index (χ4v) is 1.43. The first-order valence-corrected chi connectivity index (χ1v) is 3.21. The van der Waals surface area contributed by atoms with Crippen molar-refractivity contribution in [2.45, 2.75) is 6.42 Å². The standard InChI is InChI=1S/C7H8O2/c8-7-6-3-1-2-5(6)4-9-7/h1,3,5-6H,2,4H2. The number of hydrogen-bond donors (Lipinski definition) is 0. The lowest BCUT2D eigenvalue weighted by Gasteiger charge is -1.98. The van der Waals surface area contributed by atoms with Crippen molar-refractivity contribution in [3.63, 3.8) is 0 Å². The second kappa shape index (κ2) is 1.59. The van der Waals surface area contributed by atoms with Gasteiger partial charge in [-0.2, -0.15) is 0 Å². The third-order valence-corrected chi connectivity index (χ3v) is 2.00. The summed E-state index contributed by atoms with van der Waals surface area (Å²) in [5.74, 6) is 0.538. The molecule has 9 heavy (non-hydrogen) atoms. The largest absolute Gasteiger partial charge is 0.465 e. The molecule has 0 radical (unpaired) electrons. The SMILES string of the molecule is O=C1OCC2CC=CC12. The highest BCUT2D eigenvalue weighted by molar-refractivity contribution is 5.77. The summed E-state index contributed by atoms with van der Waals surface area (Å²) < 4.78 is 4.83. The Kier molecular flexibility index (Phi) is 0.891. The van der Waals surface area contributed by atoms with Gasteiger partial charge in [0.15, 0.2) is 0 Å². The molecule has 2 heteroatoms. The molecule has 0 aromatic carbocycles. The van der Waals surface area contributed by atoms with Crippen molar-refractivity contribution in [2.24, 2.45) is 11.8 Å². The number of carbonyl (C=O) groups is 1. The Labute approximate surface area is 53.5 Å². The number of ether oxygens (including phenoxy) is 1. The van der Waals surface area contributed by atoms with Gasteiger partial charge in [0.25, 0.3) is 0 Å². The van der Waals surface area contributed by atoms with Gasteiger partial charge in [-0.15, -0.1) is 0 Å². The van der Waals surface area contributed by atoms with Crippen molar-refractivity contribution >= 4 is 5.97 Å². The van der Waals surface area contributed by atoms with Gasteiger partial charge in [-0.3, -0.25) is 4.79 Å². The Balaban J connectivity index is 2.24. The number of esters is 1. The van der Waals surface area contributed by atoms with Gasteiger partial charge in [-0.1, -0.05) is 12.2 Å². The molecule has 2 unspecified atom stereocenters. The maximum Gasteiger partial charge on any atom is 0.313 e. The molecule has 0 aromatic heterocycles. The Morgan fingerprint density at radius 3 is 3.33 bits per heavy atom. The molecule has 1 aliphatic carbocycles. The summed E-state index contributed by atoms with van der Waals surface area (Å²) in [5.41, 5.74) is 0. The zero-order chi connectivity index (χ0) is 6.27. The molecule has 2 rings (SSSR count). The number of fused-ring (bicyclic) bond motifs is 1. The zero-order valence-electron chi connectivity index (χ0n) is 5.04. The molecular weight excluding hydrogens is 116 g/mol. The maximum atomic E-state index is 10.8. The fraction of sp³-hybridized carbons (Fsp3) is 0.571. The molecule has 48 valence electrons. The van der Waals surface area contributed by atoms with Crippen LogP contribution in [-0.4, -0.2) is 12.6 Å². The van der Waals surface area contributed by atoms with Crippen molar-refractivity contribution < 1.29 is 9.53 Å². The second-order valence-electron chi connectivity index (χ2n) is 2.58. The summed E-state index contributed by atoms with van der Waals surface area (Å²) in [6.45, 7) is 0.635. The van der Waals surface area contributed by atoms with Crippen molar-refractivity contribution in [3.8, 4) is 0 Å². The summed E-state index contributed by atoms with van der Waals surface area (Å²) in [6, 6.07) is 0. The van der Waals surface area contributed by atoms with E-state index < -0.39 is 0 Å². The van der Waals surface area contributed by atoms with Gasteiger partial charge in [-0.05, 0) is 6.42 Å². The topological polar surface area (TPSA) is 26.3 Å². The van der Waals surface area contributed by atoms with Gasteiger partial charge in [0.1, 0.15) is 0 Å². The summed E-state index contributed by atoms with van der Waals surface area (Å²) in [7, 11) is 0. The molecule has 1 heterocycles. The van der Waals surface area contributed by atoms with E-state index >= 15 is 0 Å². The van der Waals surface area contributed by atoms with Crippen LogP contribution in [0.4, 0.5) is 0 Å². The van der Waals surface area contributed by atoms with Crippen LogP contribution >= 0.6 is 0 Å². The molecule has 0 N–H and O–H groups in total. The van der Waals surface area contributed by atoms with Gasteiger partial charge in [0.2, 0.25) is 0 Å². The van der Waals surface area contributed by atoms with Crippen LogP contribution in [-0.2, 0) is 9.53 Å². The zero-order valence-corrected chi connectivity index (χ0v) is 5.04. The first kappa shape index (κ1) is 5.03. The van der Waals surface area contributed by atoms with Crippen molar-refractivity contribution in [3.05, 3.63) is 12.2 Å². The van der Waals surface area contributed by atoms with Gasteiger partial charge in [0.05, 0.1) is 12.5 Å². The van der Waals surface area contributed by atoms with E-state index in [1.54, 1.807) is 0 Å². The predicted molar refractivity (Wildman–Crippen MR) is 31.7 cm³/mol. The molecule has 2 aliphatic rings. The highest BCUT2D eigenvalue weighted by Crippen LogP contribution is 2.31. The number of cyclic esters (lactones) is 1. The van der Waals surface area contributed by atoms with Gasteiger partial charge in [-0.25, -0.2) is 0 Å². The quantitative estimate of drug-likeness (QED) is 0.351. The average Bonchev–Trinajstić information content (AvgIpc) is 2.35. The molecule has 1 aliphatic heterocycles. The van der Waals surface area contributed by atoms with Crippen LogP contribution < -0.4 is 0 Å². The van der Waals surface area contributed by atoms with Gasteiger partial charge < -0.3 is 4.74 Å². The van der Waals surface area contributed by atoms with E-state index in [-0.39, 0.29) is 11.9 Å². The molecular formula is C7H8O2. The van der Waals surface area contributed by atoms with Crippen LogP contribution in [0.5, 0.6) is 0 Å². The number of allylic oxidation sites excluding steroid dienone is 1. The summed E-state index contributed by atoms with van der Waals surface area (Å²) in [6.07, 6.45) is 5.05. The molecule has 0 amide bonds. The first-order chi connectivity index (χ1) is 4.38. The van der Waals surface area contributed by atoms with Crippen molar-refractivity contribution in [2.75, 3.05) is 6.61 Å². The maximum absolute atomic E-state index is 10.8. The monoisotopic (exact) mass is 124 g/mol. The lowest BCUT2D eigenvalue weighted by molar-refractivity contribution is -0.140. The highest BCUT2D eigenvalue weighted by atomic mass is 16.5. The lowest BCUT2D eigenvalue weighted by atomic mass is 10.00. The van der Waals surface area contributed by atoms with Crippen LogP contribution in [0.25, 0.3) is 0 Å². The summed E-state index contributed by atoms with van der Waals surface area (Å²) >= 11 is 0. The fourth-order valence-electron chi connectivity index (χ4n) is 1.43. The van der Waals surface area contributed by atoms with E-state index in [1.807, 2.05) is 6.08 Å². The second-order valence-corrected chi connectivity index (χ2v) is 2.58. The van der Waals surface area contributed by atoms with Crippen LogP contribution in [0.1, 0.15) is 6.42 Å². The highest BCUT2D eigenvalue weighted by Gasteiger charge is 2.36. The van der Waals surface area contributed by atoms with E-state index in [4.69, 9.17) is 4.74 Å². The van der Waals surface area contributed by atoms with E-state index in [2.05, 4.69) is 6.08 Å². The Morgan fingerprint density at radius 2 is 2.56 bits per heavy atom. The minimum absolute atomic E-state index is 0.0336. The molecule has 0 bridgehead atoms. The number of hydrogen-bond acceptors (Lipinski definition) is 2. The molecule has 1 fully saturated rings. The Morgan fingerprint density at radius 1 is 1.67 bits per heavy atom. The Bertz CT molecular complexity index is 172. The van der Waals surface area contributed by atoms with Crippen LogP contribution in [0.2, 0.25) is 0 Å². The van der Waals surface area contributed by atoms with Crippen LogP contribution in [0, 0.1) is 11.8 Å². The molecule has 1 saturated heterocycles. The van der Waals surface area contributed by atoms with Crippen molar-refractivity contribution in [1.82, 2.24) is 0 Å². The first-order valence-electron chi connectivity index (χ1n) is 3.21. The van der Waals surface area contributed by atoms with Gasteiger partial charge >= 0.3 is 5.97 Å². The smallest absolute Gasteiger partial charge is 0.313 e. The minimum atomic E-state index is -0.0336. The van der Waals surface area contributed by atoms with E-state index in [9.17, 15) is 4.79 Å². The predicted octanol–water partition coefficient (Wildman–Crippen LogP) is 0.736. The van der Waals surface area contributed by atoms with E-state index in [1.165, 1.54) is 0 Å². The molecule has 0 saturated carbocycles. The van der Waals surface area contributed by atoms with Crippen LogP contribution in [0.15, 0.2) is 12.2 Å². The number of rotatable bonds is 0. The average molecular weight is 124 g/mol. The summed E-state index contributed by atoms with van der Waals surface area (Å²) in [5, 5.41) is 0. The normalized spacial score (nSPS) is 38.9. The van der Waals surface area contributed by atoms with Crippen molar-refractivity contribution in [1.29, 1.82) is 0 Å². The molecule has 2 nitrogen and oxygen atoms in total. The number of carbonyl (C=O) groups excluding carboxylic acids is 1. The van der Waals surface area contributed by atoms with Gasteiger partial charge in [0, 0.05) is 5.92 Å². The van der Waals surface area contributed by atoms with E-state index in [0.29, 0.717) is 12.5 Å². The molecule has 0 aromatic rings. The minimum Gasteiger partial charge on any atom is -0.465 e. The third kappa shape index (κ3) is 0.590.